The number of hydrogen-bond acceptors (Lipinski definition) is 1. The third kappa shape index (κ3) is 0.932. The Bertz CT molecular complexity index is 431. The van der Waals surface area contributed by atoms with Gasteiger partial charge >= 0.3 is 0 Å². The minimum absolute atomic E-state index is 0.793. The number of halogens is 1. The maximum absolute atomic E-state index is 5.79. The van der Waals surface area contributed by atoms with Crippen molar-refractivity contribution in [3.8, 4) is 0 Å². The zero-order chi connectivity index (χ0) is 8.72. The third-order valence-corrected chi connectivity index (χ3v) is 2.65. The van der Waals surface area contributed by atoms with E-state index in [1.807, 2.05) is 18.3 Å². The Morgan fingerprint density at radius 1 is 1.42 bits per heavy atom. The molecular weight excluding hydrogens is 216 g/mol. The molecule has 0 saturated heterocycles. The van der Waals surface area contributed by atoms with Crippen molar-refractivity contribution in [3.05, 3.63) is 28.4 Å². The second kappa shape index (κ2) is 2.52. The largest absolute Gasteiger partial charge is 0.397 e. The van der Waals surface area contributed by atoms with Gasteiger partial charge in [0.2, 0.25) is 0 Å². The number of nitrogen functional groups attached to an aromatic ring is 1. The minimum atomic E-state index is 0.793. The van der Waals surface area contributed by atoms with Gasteiger partial charge in [-0.15, -0.1) is 0 Å². The molecule has 62 valence electrons. The summed E-state index contributed by atoms with van der Waals surface area (Å²) in [4.78, 5) is 3.13. The Labute approximate surface area is 78.9 Å². The Morgan fingerprint density at radius 2 is 2.17 bits per heavy atom. The number of aryl methyl sites for hydroxylation is 1. The van der Waals surface area contributed by atoms with Crippen molar-refractivity contribution >= 4 is 32.5 Å². The molecule has 3 N–H and O–H groups in total. The van der Waals surface area contributed by atoms with E-state index in [9.17, 15) is 0 Å². The topological polar surface area (TPSA) is 41.8 Å². The van der Waals surface area contributed by atoms with E-state index in [1.165, 1.54) is 10.9 Å². The van der Waals surface area contributed by atoms with Crippen LogP contribution < -0.4 is 5.73 Å². The van der Waals surface area contributed by atoms with Crippen molar-refractivity contribution in [1.82, 2.24) is 4.98 Å². The molecule has 0 aliphatic heterocycles. The van der Waals surface area contributed by atoms with E-state index in [-0.39, 0.29) is 0 Å². The number of fused-ring (bicyclic) bond motifs is 1. The summed E-state index contributed by atoms with van der Waals surface area (Å²) in [6.45, 7) is 2.07. The molecule has 2 nitrogen and oxygen atoms in total. The Hall–Kier alpha value is -0.960. The first-order valence-corrected chi connectivity index (χ1v) is 4.51. The second-order valence-electron chi connectivity index (χ2n) is 2.86. The van der Waals surface area contributed by atoms with Crippen LogP contribution in [0.4, 0.5) is 5.69 Å². The van der Waals surface area contributed by atoms with Gasteiger partial charge in [-0.25, -0.2) is 0 Å². The molecule has 0 fully saturated rings. The van der Waals surface area contributed by atoms with Crippen molar-refractivity contribution in [2.75, 3.05) is 5.73 Å². The number of benzene rings is 1. The molecule has 0 radical (unpaired) electrons. The van der Waals surface area contributed by atoms with Crippen LogP contribution in [0.2, 0.25) is 0 Å². The Balaban J connectivity index is 2.98. The number of hydrogen-bond donors (Lipinski definition) is 2. The lowest BCUT2D eigenvalue weighted by Crippen LogP contribution is -1.86. The molecule has 2 aromatic rings. The van der Waals surface area contributed by atoms with Crippen LogP contribution >= 0.6 is 15.9 Å². The molecule has 0 aliphatic rings. The summed E-state index contributed by atoms with van der Waals surface area (Å²) in [5.41, 5.74) is 8.82. The molecule has 1 heterocycles. The van der Waals surface area contributed by atoms with E-state index >= 15 is 0 Å². The standard InChI is InChI=1S/C9H9BrN2/c1-5-2-3-7(11)9-8(5)6(10)4-12-9/h2-4,12H,11H2,1H3. The maximum atomic E-state index is 5.79. The normalized spacial score (nSPS) is 10.8. The van der Waals surface area contributed by atoms with Gasteiger partial charge < -0.3 is 10.7 Å². The second-order valence-corrected chi connectivity index (χ2v) is 3.71. The molecular formula is C9H9BrN2. The number of nitrogens with one attached hydrogen (secondary N) is 1. The molecule has 1 aromatic heterocycles. The van der Waals surface area contributed by atoms with Crippen LogP contribution in [0.5, 0.6) is 0 Å². The van der Waals surface area contributed by atoms with Gasteiger partial charge in [-0.1, -0.05) is 6.07 Å². The van der Waals surface area contributed by atoms with Crippen LogP contribution in [0, 0.1) is 6.92 Å². The molecule has 0 spiro atoms. The van der Waals surface area contributed by atoms with Crippen molar-refractivity contribution in [2.45, 2.75) is 6.92 Å². The quantitative estimate of drug-likeness (QED) is 0.665. The van der Waals surface area contributed by atoms with Crippen molar-refractivity contribution < 1.29 is 0 Å². The highest BCUT2D eigenvalue weighted by Crippen LogP contribution is 2.29. The molecule has 0 amide bonds. The van der Waals surface area contributed by atoms with Gasteiger partial charge in [0, 0.05) is 16.1 Å². The fourth-order valence-corrected chi connectivity index (χ4v) is 2.02. The Kier molecular flexibility index (Phi) is 1.61. The number of H-pyrrole nitrogens is 1. The molecule has 1 aromatic carbocycles. The van der Waals surface area contributed by atoms with Crippen LogP contribution in [0.25, 0.3) is 10.9 Å². The van der Waals surface area contributed by atoms with E-state index in [0.717, 1.165) is 15.7 Å². The lowest BCUT2D eigenvalue weighted by atomic mass is 10.1. The molecule has 0 saturated carbocycles. The summed E-state index contributed by atoms with van der Waals surface area (Å²) in [5.74, 6) is 0. The Morgan fingerprint density at radius 3 is 2.83 bits per heavy atom. The van der Waals surface area contributed by atoms with Crippen LogP contribution in [0.3, 0.4) is 0 Å². The highest BCUT2D eigenvalue weighted by Gasteiger charge is 2.05. The number of anilines is 1. The van der Waals surface area contributed by atoms with Gasteiger partial charge in [0.05, 0.1) is 11.2 Å². The van der Waals surface area contributed by atoms with Crippen molar-refractivity contribution in [2.24, 2.45) is 0 Å². The monoisotopic (exact) mass is 224 g/mol. The third-order valence-electron chi connectivity index (χ3n) is 2.03. The van der Waals surface area contributed by atoms with Crippen LogP contribution in [-0.2, 0) is 0 Å². The summed E-state index contributed by atoms with van der Waals surface area (Å²) in [6, 6.07) is 3.94. The maximum Gasteiger partial charge on any atom is 0.0702 e. The minimum Gasteiger partial charge on any atom is -0.397 e. The fourth-order valence-electron chi connectivity index (χ4n) is 1.39. The van der Waals surface area contributed by atoms with Crippen molar-refractivity contribution in [1.29, 1.82) is 0 Å². The number of aromatic nitrogens is 1. The number of nitrogens with two attached hydrogens (primary N) is 1. The van der Waals surface area contributed by atoms with E-state index in [0.29, 0.717) is 0 Å². The summed E-state index contributed by atoms with van der Waals surface area (Å²) in [5, 5.41) is 1.18. The average molecular weight is 225 g/mol. The lowest BCUT2D eigenvalue weighted by Gasteiger charge is -1.99. The van der Waals surface area contributed by atoms with Gasteiger partial charge in [-0.3, -0.25) is 0 Å². The SMILES string of the molecule is Cc1ccc(N)c2[nH]cc(Br)c12. The number of rotatable bonds is 0. The molecule has 3 heteroatoms. The molecule has 0 aliphatic carbocycles. The van der Waals surface area contributed by atoms with Gasteiger partial charge in [-0.05, 0) is 34.5 Å². The summed E-state index contributed by atoms with van der Waals surface area (Å²) in [7, 11) is 0. The zero-order valence-electron chi connectivity index (χ0n) is 6.69. The van der Waals surface area contributed by atoms with Crippen LogP contribution in [-0.4, -0.2) is 4.98 Å². The smallest absolute Gasteiger partial charge is 0.0702 e. The van der Waals surface area contributed by atoms with Crippen molar-refractivity contribution in [3.63, 3.8) is 0 Å². The van der Waals surface area contributed by atoms with Gasteiger partial charge in [-0.2, -0.15) is 0 Å². The summed E-state index contributed by atoms with van der Waals surface area (Å²) < 4.78 is 1.07. The first-order valence-electron chi connectivity index (χ1n) is 3.72. The van der Waals surface area contributed by atoms with E-state index in [4.69, 9.17) is 5.73 Å². The van der Waals surface area contributed by atoms with E-state index in [1.54, 1.807) is 0 Å². The van der Waals surface area contributed by atoms with Crippen LogP contribution in [0.1, 0.15) is 5.56 Å². The van der Waals surface area contributed by atoms with Crippen LogP contribution in [0.15, 0.2) is 22.8 Å². The zero-order valence-corrected chi connectivity index (χ0v) is 8.27. The summed E-state index contributed by atoms with van der Waals surface area (Å²) >= 11 is 3.47. The molecule has 0 bridgehead atoms. The number of aromatic amines is 1. The predicted octanol–water partition coefficient (Wildman–Crippen LogP) is 2.82. The first-order chi connectivity index (χ1) is 5.70. The summed E-state index contributed by atoms with van der Waals surface area (Å²) in [6.07, 6.45) is 1.91. The average Bonchev–Trinajstić information content (AvgIpc) is 2.42. The first kappa shape index (κ1) is 7.68. The van der Waals surface area contributed by atoms with E-state index < -0.39 is 0 Å². The van der Waals surface area contributed by atoms with Gasteiger partial charge in [0.15, 0.2) is 0 Å². The molecule has 2 rings (SSSR count). The van der Waals surface area contributed by atoms with E-state index in [2.05, 4.69) is 27.8 Å². The molecule has 12 heavy (non-hydrogen) atoms. The highest BCUT2D eigenvalue weighted by molar-refractivity contribution is 9.10. The van der Waals surface area contributed by atoms with Gasteiger partial charge in [0.25, 0.3) is 0 Å². The van der Waals surface area contributed by atoms with Gasteiger partial charge in [0.1, 0.15) is 0 Å². The fraction of sp³-hybridized carbons (Fsp3) is 0.111. The molecule has 0 unspecified atom stereocenters. The lowest BCUT2D eigenvalue weighted by molar-refractivity contribution is 1.46. The molecule has 0 atom stereocenters. The predicted molar refractivity (Wildman–Crippen MR) is 55.1 cm³/mol. The highest BCUT2D eigenvalue weighted by atomic mass is 79.9.